The van der Waals surface area contributed by atoms with Crippen molar-refractivity contribution in [2.75, 3.05) is 0 Å². The molecule has 1 amide bonds. The Morgan fingerprint density at radius 1 is 1.26 bits per heavy atom. The number of nitrogens with two attached hydrogens (primary N) is 1. The zero-order chi connectivity index (χ0) is 13.7. The quantitative estimate of drug-likeness (QED) is 0.862. The summed E-state index contributed by atoms with van der Waals surface area (Å²) in [6, 6.07) is 12.4. The number of hydrogen-bond donors (Lipinski definition) is 2. The number of furan rings is 1. The average molecular weight is 258 g/mol. The van der Waals surface area contributed by atoms with Gasteiger partial charge < -0.3 is 15.5 Å². The smallest absolute Gasteiger partial charge is 0.241 e. The van der Waals surface area contributed by atoms with Crippen molar-refractivity contribution in [2.45, 2.75) is 25.4 Å². The van der Waals surface area contributed by atoms with E-state index >= 15 is 0 Å². The summed E-state index contributed by atoms with van der Waals surface area (Å²) in [6.07, 6.45) is 2.28. The van der Waals surface area contributed by atoms with E-state index < -0.39 is 6.04 Å². The Kier molecular flexibility index (Phi) is 4.36. The minimum atomic E-state index is -0.639. The Labute approximate surface area is 112 Å². The predicted octanol–water partition coefficient (Wildman–Crippen LogP) is 2.03. The second kappa shape index (κ2) is 6.20. The molecular formula is C15H18N2O2. The van der Waals surface area contributed by atoms with Gasteiger partial charge in [-0.3, -0.25) is 4.79 Å². The highest BCUT2D eigenvalue weighted by Gasteiger charge is 2.17. The summed E-state index contributed by atoms with van der Waals surface area (Å²) in [5, 5.41) is 2.89. The predicted molar refractivity (Wildman–Crippen MR) is 73.4 cm³/mol. The van der Waals surface area contributed by atoms with Crippen LogP contribution in [0.3, 0.4) is 0 Å². The summed E-state index contributed by atoms with van der Waals surface area (Å²) in [6.45, 7) is 1.93. The third-order valence-electron chi connectivity index (χ3n) is 2.92. The van der Waals surface area contributed by atoms with Crippen molar-refractivity contribution < 1.29 is 9.21 Å². The van der Waals surface area contributed by atoms with E-state index in [1.807, 2.05) is 49.4 Å². The first-order chi connectivity index (χ1) is 9.16. The molecule has 0 spiro atoms. The number of nitrogens with one attached hydrogen (secondary N) is 1. The number of carbonyl (C=O) groups is 1. The standard InChI is InChI=1S/C15H18N2O2/c1-11(10-13-8-5-9-19-13)17-15(18)14(16)12-6-3-2-4-7-12/h2-9,11,14H,10,16H2,1H3,(H,17,18)/t11?,14-/m0/s1. The van der Waals surface area contributed by atoms with Gasteiger partial charge in [0.05, 0.1) is 6.26 Å². The van der Waals surface area contributed by atoms with Crippen LogP contribution in [-0.2, 0) is 11.2 Å². The number of rotatable bonds is 5. The zero-order valence-corrected chi connectivity index (χ0v) is 10.9. The highest BCUT2D eigenvalue weighted by atomic mass is 16.3. The van der Waals surface area contributed by atoms with Crippen molar-refractivity contribution in [2.24, 2.45) is 5.73 Å². The van der Waals surface area contributed by atoms with Gasteiger partial charge in [0.15, 0.2) is 0 Å². The molecule has 2 atom stereocenters. The first-order valence-electron chi connectivity index (χ1n) is 6.30. The average Bonchev–Trinajstić information content (AvgIpc) is 2.91. The zero-order valence-electron chi connectivity index (χ0n) is 10.9. The molecule has 4 nitrogen and oxygen atoms in total. The summed E-state index contributed by atoms with van der Waals surface area (Å²) in [5.41, 5.74) is 6.74. The van der Waals surface area contributed by atoms with Crippen molar-refractivity contribution in [1.29, 1.82) is 0 Å². The minimum Gasteiger partial charge on any atom is -0.469 e. The molecule has 3 N–H and O–H groups in total. The van der Waals surface area contributed by atoms with Crippen LogP contribution in [0.25, 0.3) is 0 Å². The van der Waals surface area contributed by atoms with E-state index in [1.165, 1.54) is 0 Å². The fourth-order valence-electron chi connectivity index (χ4n) is 1.93. The Morgan fingerprint density at radius 3 is 2.63 bits per heavy atom. The molecular weight excluding hydrogens is 240 g/mol. The molecule has 0 aliphatic carbocycles. The molecule has 1 unspecified atom stereocenters. The van der Waals surface area contributed by atoms with Gasteiger partial charge in [-0.2, -0.15) is 0 Å². The third kappa shape index (κ3) is 3.69. The lowest BCUT2D eigenvalue weighted by molar-refractivity contribution is -0.123. The van der Waals surface area contributed by atoms with E-state index in [-0.39, 0.29) is 11.9 Å². The van der Waals surface area contributed by atoms with Gasteiger partial charge in [-0.05, 0) is 24.6 Å². The molecule has 19 heavy (non-hydrogen) atoms. The van der Waals surface area contributed by atoms with Gasteiger partial charge in [0.1, 0.15) is 11.8 Å². The summed E-state index contributed by atoms with van der Waals surface area (Å²) >= 11 is 0. The van der Waals surface area contributed by atoms with Crippen LogP contribution in [0.2, 0.25) is 0 Å². The first-order valence-corrected chi connectivity index (χ1v) is 6.30. The molecule has 0 radical (unpaired) electrons. The van der Waals surface area contributed by atoms with Gasteiger partial charge in [-0.15, -0.1) is 0 Å². The molecule has 1 aromatic carbocycles. The van der Waals surface area contributed by atoms with Gasteiger partial charge in [0.2, 0.25) is 5.91 Å². The Morgan fingerprint density at radius 2 is 2.00 bits per heavy atom. The van der Waals surface area contributed by atoms with Gasteiger partial charge >= 0.3 is 0 Å². The molecule has 1 heterocycles. The largest absolute Gasteiger partial charge is 0.469 e. The Hall–Kier alpha value is -2.07. The molecule has 0 aliphatic rings. The lowest BCUT2D eigenvalue weighted by atomic mass is 10.1. The van der Waals surface area contributed by atoms with Crippen LogP contribution in [0, 0.1) is 0 Å². The fraction of sp³-hybridized carbons (Fsp3) is 0.267. The highest BCUT2D eigenvalue weighted by molar-refractivity contribution is 5.83. The number of amides is 1. The summed E-state index contributed by atoms with van der Waals surface area (Å²) in [7, 11) is 0. The van der Waals surface area contributed by atoms with Gasteiger partial charge in [0.25, 0.3) is 0 Å². The second-order valence-corrected chi connectivity index (χ2v) is 4.58. The van der Waals surface area contributed by atoms with Crippen molar-refractivity contribution in [1.82, 2.24) is 5.32 Å². The highest BCUT2D eigenvalue weighted by Crippen LogP contribution is 2.10. The molecule has 2 aromatic rings. The normalized spacial score (nSPS) is 13.8. The SMILES string of the molecule is CC(Cc1ccco1)NC(=O)[C@@H](N)c1ccccc1. The molecule has 0 saturated heterocycles. The maximum absolute atomic E-state index is 12.0. The number of benzene rings is 1. The van der Waals surface area contributed by atoms with Crippen molar-refractivity contribution in [3.63, 3.8) is 0 Å². The summed E-state index contributed by atoms with van der Waals surface area (Å²) in [5.74, 6) is 0.673. The third-order valence-corrected chi connectivity index (χ3v) is 2.92. The van der Waals surface area contributed by atoms with E-state index in [0.717, 1.165) is 11.3 Å². The van der Waals surface area contributed by atoms with Gasteiger partial charge in [-0.1, -0.05) is 30.3 Å². The van der Waals surface area contributed by atoms with Crippen LogP contribution in [0.5, 0.6) is 0 Å². The van der Waals surface area contributed by atoms with E-state index in [2.05, 4.69) is 5.32 Å². The molecule has 100 valence electrons. The van der Waals surface area contributed by atoms with Crippen molar-refractivity contribution in [3.05, 3.63) is 60.1 Å². The van der Waals surface area contributed by atoms with Crippen LogP contribution in [0.1, 0.15) is 24.3 Å². The van der Waals surface area contributed by atoms with E-state index in [0.29, 0.717) is 6.42 Å². The van der Waals surface area contributed by atoms with E-state index in [1.54, 1.807) is 6.26 Å². The van der Waals surface area contributed by atoms with Crippen LogP contribution in [0.4, 0.5) is 0 Å². The summed E-state index contributed by atoms with van der Waals surface area (Å²) in [4.78, 5) is 12.0. The van der Waals surface area contributed by atoms with Crippen molar-refractivity contribution in [3.8, 4) is 0 Å². The molecule has 0 saturated carbocycles. The molecule has 2 rings (SSSR count). The number of carbonyl (C=O) groups excluding carboxylic acids is 1. The van der Waals surface area contributed by atoms with E-state index in [4.69, 9.17) is 10.2 Å². The maximum atomic E-state index is 12.0. The topological polar surface area (TPSA) is 68.3 Å². The lowest BCUT2D eigenvalue weighted by Crippen LogP contribution is -2.40. The fourth-order valence-corrected chi connectivity index (χ4v) is 1.93. The molecule has 0 fully saturated rings. The first kappa shape index (κ1) is 13.4. The Bertz CT molecular complexity index is 508. The van der Waals surface area contributed by atoms with Crippen LogP contribution >= 0.6 is 0 Å². The van der Waals surface area contributed by atoms with Crippen LogP contribution < -0.4 is 11.1 Å². The van der Waals surface area contributed by atoms with Crippen molar-refractivity contribution >= 4 is 5.91 Å². The van der Waals surface area contributed by atoms with Crippen LogP contribution in [-0.4, -0.2) is 11.9 Å². The number of hydrogen-bond acceptors (Lipinski definition) is 3. The maximum Gasteiger partial charge on any atom is 0.241 e. The monoisotopic (exact) mass is 258 g/mol. The van der Waals surface area contributed by atoms with Crippen LogP contribution in [0.15, 0.2) is 53.1 Å². The molecule has 0 aliphatic heterocycles. The lowest BCUT2D eigenvalue weighted by Gasteiger charge is -2.17. The minimum absolute atomic E-state index is 0.0200. The van der Waals surface area contributed by atoms with Gasteiger partial charge in [-0.25, -0.2) is 0 Å². The van der Waals surface area contributed by atoms with Gasteiger partial charge in [0, 0.05) is 12.5 Å². The molecule has 0 bridgehead atoms. The Balaban J connectivity index is 1.90. The molecule has 4 heteroatoms. The molecule has 1 aromatic heterocycles. The second-order valence-electron chi connectivity index (χ2n) is 4.58. The summed E-state index contributed by atoms with van der Waals surface area (Å²) < 4.78 is 5.25. The van der Waals surface area contributed by atoms with E-state index in [9.17, 15) is 4.79 Å².